The molecule has 0 saturated carbocycles. The van der Waals surface area contributed by atoms with Gasteiger partial charge in [-0.15, -0.1) is 10.2 Å². The Morgan fingerprint density at radius 3 is 2.80 bits per heavy atom. The number of aromatic nitrogens is 8. The third-order valence-corrected chi connectivity index (χ3v) is 4.44. The molecule has 0 spiro atoms. The van der Waals surface area contributed by atoms with Gasteiger partial charge in [0.15, 0.2) is 11.6 Å². The van der Waals surface area contributed by atoms with Crippen molar-refractivity contribution >= 4 is 5.91 Å². The second-order valence-electron chi connectivity index (χ2n) is 6.21. The quantitative estimate of drug-likeness (QED) is 0.485. The van der Waals surface area contributed by atoms with Crippen molar-refractivity contribution in [2.75, 3.05) is 7.11 Å². The first kappa shape index (κ1) is 19.2. The van der Waals surface area contributed by atoms with Crippen molar-refractivity contribution in [3.63, 3.8) is 0 Å². The number of amides is 1. The zero-order chi connectivity index (χ0) is 20.9. The van der Waals surface area contributed by atoms with E-state index in [1.54, 1.807) is 40.1 Å². The predicted octanol–water partition coefficient (Wildman–Crippen LogP) is 1.14. The summed E-state index contributed by atoms with van der Waals surface area (Å²) in [6.45, 7) is 2.23. The first-order valence-corrected chi connectivity index (χ1v) is 9.23. The minimum absolute atomic E-state index is 0.243. The number of hydrogen-bond acceptors (Lipinski definition) is 8. The number of ether oxygens (including phenoxy) is 1. The van der Waals surface area contributed by atoms with Crippen LogP contribution < -0.4 is 10.1 Å². The van der Waals surface area contributed by atoms with Gasteiger partial charge in [-0.1, -0.05) is 13.0 Å². The van der Waals surface area contributed by atoms with E-state index < -0.39 is 0 Å². The Balaban J connectivity index is 1.54. The zero-order valence-electron chi connectivity index (χ0n) is 16.4. The Labute approximate surface area is 171 Å². The van der Waals surface area contributed by atoms with Crippen LogP contribution in [0.4, 0.5) is 0 Å². The van der Waals surface area contributed by atoms with Gasteiger partial charge >= 0.3 is 0 Å². The van der Waals surface area contributed by atoms with Crippen LogP contribution in [0.3, 0.4) is 0 Å². The lowest BCUT2D eigenvalue weighted by Crippen LogP contribution is -2.24. The highest BCUT2D eigenvalue weighted by Gasteiger charge is 2.18. The van der Waals surface area contributed by atoms with E-state index >= 15 is 0 Å². The lowest BCUT2D eigenvalue weighted by atomic mass is 10.2. The summed E-state index contributed by atoms with van der Waals surface area (Å²) in [5, 5.41) is 19.4. The Bertz CT molecular complexity index is 1140. The largest absolute Gasteiger partial charge is 0.480 e. The van der Waals surface area contributed by atoms with Crippen molar-refractivity contribution in [2.45, 2.75) is 19.9 Å². The summed E-state index contributed by atoms with van der Waals surface area (Å²) >= 11 is 0. The van der Waals surface area contributed by atoms with Gasteiger partial charge in [-0.25, -0.2) is 19.3 Å². The Kier molecular flexibility index (Phi) is 5.42. The highest BCUT2D eigenvalue weighted by molar-refractivity contribution is 5.95. The van der Waals surface area contributed by atoms with Gasteiger partial charge in [0, 0.05) is 24.4 Å². The van der Waals surface area contributed by atoms with Gasteiger partial charge < -0.3 is 10.1 Å². The van der Waals surface area contributed by atoms with Gasteiger partial charge in [0.2, 0.25) is 5.88 Å². The average molecular weight is 405 g/mol. The number of nitrogens with zero attached hydrogens (tertiary/aromatic N) is 8. The maximum absolute atomic E-state index is 12.9. The van der Waals surface area contributed by atoms with Crippen LogP contribution in [0.2, 0.25) is 0 Å². The number of methoxy groups -OCH3 is 1. The Morgan fingerprint density at radius 1 is 1.20 bits per heavy atom. The molecular weight excluding hydrogens is 386 g/mol. The summed E-state index contributed by atoms with van der Waals surface area (Å²) in [5.41, 5.74) is 2.01. The maximum atomic E-state index is 12.9. The number of rotatable bonds is 7. The van der Waals surface area contributed by atoms with Gasteiger partial charge in [0.05, 0.1) is 24.6 Å². The molecule has 0 fully saturated rings. The number of nitrogens with one attached hydrogen (secondary N) is 1. The second-order valence-corrected chi connectivity index (χ2v) is 6.21. The number of carbonyl (C=O) groups excluding carboxylic acids is 1. The third-order valence-electron chi connectivity index (χ3n) is 4.44. The minimum atomic E-state index is -0.243. The van der Waals surface area contributed by atoms with Crippen LogP contribution in [-0.4, -0.2) is 52.7 Å². The Hall–Kier alpha value is -4.15. The summed E-state index contributed by atoms with van der Waals surface area (Å²) in [4.78, 5) is 21.1. The van der Waals surface area contributed by atoms with E-state index in [0.717, 1.165) is 11.3 Å². The summed E-state index contributed by atoms with van der Waals surface area (Å²) < 4.78 is 8.19. The molecule has 0 aliphatic heterocycles. The topological polar surface area (TPSA) is 126 Å². The lowest BCUT2D eigenvalue weighted by molar-refractivity contribution is 0.0950. The molecule has 4 aromatic rings. The standard InChI is InChI=1S/C19H19N9O2/c1-3-15-14(10-23-28(15)16-6-7-17(30-2)26-25-16)19(29)22-9-13-5-4-8-21-18(13)27-12-20-11-24-27/h4-8,10-12H,3,9H2,1-2H3,(H,22,29). The van der Waals surface area contributed by atoms with Gasteiger partial charge in [0.25, 0.3) is 5.91 Å². The summed E-state index contributed by atoms with van der Waals surface area (Å²) in [7, 11) is 1.52. The van der Waals surface area contributed by atoms with Crippen molar-refractivity contribution in [3.8, 4) is 17.5 Å². The van der Waals surface area contributed by atoms with Crippen LogP contribution in [0.15, 0.2) is 49.3 Å². The highest BCUT2D eigenvalue weighted by Crippen LogP contribution is 2.16. The minimum Gasteiger partial charge on any atom is -0.480 e. The fraction of sp³-hybridized carbons (Fsp3) is 0.211. The van der Waals surface area contributed by atoms with Crippen LogP contribution in [-0.2, 0) is 13.0 Å². The summed E-state index contributed by atoms with van der Waals surface area (Å²) in [6.07, 6.45) is 6.77. The molecule has 0 aliphatic carbocycles. The molecule has 0 unspecified atom stereocenters. The summed E-state index contributed by atoms with van der Waals surface area (Å²) in [6, 6.07) is 7.11. The van der Waals surface area contributed by atoms with E-state index in [1.807, 2.05) is 13.0 Å². The van der Waals surface area contributed by atoms with Crippen molar-refractivity contribution in [1.82, 2.24) is 45.0 Å². The smallest absolute Gasteiger partial charge is 0.255 e. The fourth-order valence-corrected chi connectivity index (χ4v) is 3.00. The molecule has 30 heavy (non-hydrogen) atoms. The molecule has 0 aromatic carbocycles. The molecule has 4 aromatic heterocycles. The van der Waals surface area contributed by atoms with E-state index in [1.165, 1.54) is 19.6 Å². The first-order valence-electron chi connectivity index (χ1n) is 9.23. The van der Waals surface area contributed by atoms with Crippen molar-refractivity contribution in [2.24, 2.45) is 0 Å². The average Bonchev–Trinajstić information content (AvgIpc) is 3.47. The van der Waals surface area contributed by atoms with E-state index in [2.05, 4.69) is 35.7 Å². The van der Waals surface area contributed by atoms with Crippen LogP contribution >= 0.6 is 0 Å². The Morgan fingerprint density at radius 2 is 2.10 bits per heavy atom. The number of pyridine rings is 1. The number of hydrogen-bond donors (Lipinski definition) is 1. The van der Waals surface area contributed by atoms with Crippen LogP contribution in [0, 0.1) is 0 Å². The molecule has 0 saturated heterocycles. The van der Waals surface area contributed by atoms with Gasteiger partial charge in [0.1, 0.15) is 12.7 Å². The van der Waals surface area contributed by atoms with Crippen molar-refractivity contribution < 1.29 is 9.53 Å². The normalized spacial score (nSPS) is 10.7. The summed E-state index contributed by atoms with van der Waals surface area (Å²) in [5.74, 6) is 1.28. The zero-order valence-corrected chi connectivity index (χ0v) is 16.4. The van der Waals surface area contributed by atoms with Crippen LogP contribution in [0.25, 0.3) is 11.6 Å². The molecule has 0 radical (unpaired) electrons. The lowest BCUT2D eigenvalue weighted by Gasteiger charge is -2.10. The predicted molar refractivity (Wildman–Crippen MR) is 105 cm³/mol. The van der Waals surface area contributed by atoms with E-state index in [9.17, 15) is 4.79 Å². The molecule has 152 valence electrons. The van der Waals surface area contributed by atoms with Crippen molar-refractivity contribution in [3.05, 3.63) is 66.1 Å². The van der Waals surface area contributed by atoms with Crippen molar-refractivity contribution in [1.29, 1.82) is 0 Å². The second kappa shape index (κ2) is 8.47. The molecule has 0 atom stereocenters. The molecular formula is C19H19N9O2. The van der Waals surface area contributed by atoms with Crippen LogP contribution in [0.5, 0.6) is 5.88 Å². The molecule has 0 aliphatic rings. The third kappa shape index (κ3) is 3.72. The fourth-order valence-electron chi connectivity index (χ4n) is 3.00. The van der Waals surface area contributed by atoms with E-state index in [-0.39, 0.29) is 12.5 Å². The molecule has 4 heterocycles. The molecule has 1 amide bonds. The van der Waals surface area contributed by atoms with E-state index in [4.69, 9.17) is 4.74 Å². The first-order chi connectivity index (χ1) is 14.7. The number of carbonyl (C=O) groups is 1. The van der Waals surface area contributed by atoms with E-state index in [0.29, 0.717) is 29.5 Å². The monoisotopic (exact) mass is 405 g/mol. The molecule has 4 rings (SSSR count). The van der Waals surface area contributed by atoms with Gasteiger partial charge in [-0.3, -0.25) is 4.79 Å². The molecule has 1 N–H and O–H groups in total. The maximum Gasteiger partial charge on any atom is 0.255 e. The molecule has 11 heteroatoms. The van der Waals surface area contributed by atoms with Gasteiger partial charge in [-0.05, 0) is 18.6 Å². The highest BCUT2D eigenvalue weighted by atomic mass is 16.5. The SMILES string of the molecule is CCc1c(C(=O)NCc2cccnc2-n2cncn2)cnn1-c1ccc(OC)nn1. The van der Waals surface area contributed by atoms with Crippen LogP contribution in [0.1, 0.15) is 28.5 Å². The van der Waals surface area contributed by atoms with Gasteiger partial charge in [-0.2, -0.15) is 10.2 Å². The molecule has 11 nitrogen and oxygen atoms in total. The molecule has 0 bridgehead atoms.